The molecule has 1 fully saturated rings. The summed E-state index contributed by atoms with van der Waals surface area (Å²) in [5.74, 6) is 0.622. The van der Waals surface area contributed by atoms with Crippen molar-refractivity contribution >= 4 is 40.1 Å². The van der Waals surface area contributed by atoms with Crippen molar-refractivity contribution in [3.63, 3.8) is 0 Å². The summed E-state index contributed by atoms with van der Waals surface area (Å²) in [6, 6.07) is 13.6. The van der Waals surface area contributed by atoms with Crippen molar-refractivity contribution < 1.29 is 4.79 Å². The number of rotatable bonds is 4. The van der Waals surface area contributed by atoms with Gasteiger partial charge in [-0.3, -0.25) is 4.79 Å². The molecule has 1 aliphatic rings. The number of carbonyl (C=O) groups excluding carboxylic acids is 1. The standard InChI is InChI=1S/C20H20N4OS/c1-26-18-9-8-15(13-21-18)22-20(25)16-12-14-6-2-3-7-17(14)23-19(16)24-10-4-5-11-24/h2-3,6-9,12-13H,4-5,10-11H2,1H3,(H,22,25). The molecule has 0 saturated carbocycles. The number of pyridine rings is 2. The summed E-state index contributed by atoms with van der Waals surface area (Å²) in [5, 5.41) is 4.85. The third-order valence-electron chi connectivity index (χ3n) is 4.56. The molecular formula is C20H20N4OS. The fourth-order valence-corrected chi connectivity index (χ4v) is 3.58. The van der Waals surface area contributed by atoms with Gasteiger partial charge in [0.15, 0.2) is 0 Å². The number of benzene rings is 1. The summed E-state index contributed by atoms with van der Waals surface area (Å²) in [5.41, 5.74) is 2.21. The van der Waals surface area contributed by atoms with Crippen molar-refractivity contribution in [1.82, 2.24) is 9.97 Å². The molecule has 26 heavy (non-hydrogen) atoms. The number of nitrogens with zero attached hydrogens (tertiary/aromatic N) is 3. The number of fused-ring (bicyclic) bond motifs is 1. The van der Waals surface area contributed by atoms with Gasteiger partial charge in [0.25, 0.3) is 5.91 Å². The van der Waals surface area contributed by atoms with Crippen LogP contribution in [0.1, 0.15) is 23.2 Å². The van der Waals surface area contributed by atoms with Crippen molar-refractivity contribution in [1.29, 1.82) is 0 Å². The molecule has 132 valence electrons. The quantitative estimate of drug-likeness (QED) is 0.703. The monoisotopic (exact) mass is 364 g/mol. The number of hydrogen-bond acceptors (Lipinski definition) is 5. The van der Waals surface area contributed by atoms with Crippen LogP contribution in [-0.2, 0) is 0 Å². The largest absolute Gasteiger partial charge is 0.356 e. The van der Waals surface area contributed by atoms with Gasteiger partial charge in [0.1, 0.15) is 5.82 Å². The predicted octanol–water partition coefficient (Wildman–Crippen LogP) is 4.20. The maximum atomic E-state index is 13.0. The van der Waals surface area contributed by atoms with Crippen molar-refractivity contribution in [3.05, 3.63) is 54.2 Å². The summed E-state index contributed by atoms with van der Waals surface area (Å²) in [7, 11) is 0. The second-order valence-corrected chi connectivity index (χ2v) is 7.12. The Balaban J connectivity index is 1.70. The molecule has 1 aromatic carbocycles. The highest BCUT2D eigenvalue weighted by molar-refractivity contribution is 7.98. The average Bonchev–Trinajstić information content (AvgIpc) is 3.22. The molecule has 2 aromatic heterocycles. The molecule has 0 unspecified atom stereocenters. The summed E-state index contributed by atoms with van der Waals surface area (Å²) < 4.78 is 0. The molecule has 3 heterocycles. The summed E-state index contributed by atoms with van der Waals surface area (Å²) in [6.45, 7) is 1.88. The van der Waals surface area contributed by atoms with E-state index < -0.39 is 0 Å². The molecule has 0 bridgehead atoms. The Hall–Kier alpha value is -2.60. The van der Waals surface area contributed by atoms with Crippen LogP contribution in [0.4, 0.5) is 11.5 Å². The van der Waals surface area contributed by atoms with Crippen LogP contribution in [0.2, 0.25) is 0 Å². The summed E-state index contributed by atoms with van der Waals surface area (Å²) in [4.78, 5) is 24.3. The lowest BCUT2D eigenvalue weighted by Crippen LogP contribution is -2.24. The van der Waals surface area contributed by atoms with E-state index in [1.807, 2.05) is 48.7 Å². The second kappa shape index (κ2) is 7.33. The van der Waals surface area contributed by atoms with Crippen LogP contribution < -0.4 is 10.2 Å². The average molecular weight is 364 g/mol. The summed E-state index contributed by atoms with van der Waals surface area (Å²) >= 11 is 1.57. The number of amides is 1. The van der Waals surface area contributed by atoms with Gasteiger partial charge in [-0.25, -0.2) is 9.97 Å². The molecule has 0 radical (unpaired) electrons. The van der Waals surface area contributed by atoms with Gasteiger partial charge in [0.05, 0.1) is 28.0 Å². The van der Waals surface area contributed by atoms with Gasteiger partial charge in [-0.1, -0.05) is 18.2 Å². The van der Waals surface area contributed by atoms with Crippen LogP contribution in [0.25, 0.3) is 10.9 Å². The Morgan fingerprint density at radius 2 is 1.96 bits per heavy atom. The number of para-hydroxylation sites is 1. The molecule has 0 aliphatic carbocycles. The molecule has 0 spiro atoms. The lowest BCUT2D eigenvalue weighted by molar-refractivity contribution is 0.102. The normalized spacial score (nSPS) is 14.0. The molecular weight excluding hydrogens is 344 g/mol. The maximum absolute atomic E-state index is 13.0. The van der Waals surface area contributed by atoms with Crippen LogP contribution in [0.5, 0.6) is 0 Å². The van der Waals surface area contributed by atoms with E-state index in [2.05, 4.69) is 15.2 Å². The first kappa shape index (κ1) is 16.8. The third kappa shape index (κ3) is 3.37. The van der Waals surface area contributed by atoms with Crippen molar-refractivity contribution in [2.75, 3.05) is 29.6 Å². The number of aromatic nitrogens is 2. The molecule has 5 nitrogen and oxygen atoms in total. The molecule has 3 aromatic rings. The minimum absolute atomic E-state index is 0.149. The Morgan fingerprint density at radius 3 is 2.69 bits per heavy atom. The molecule has 0 atom stereocenters. The van der Waals surface area contributed by atoms with E-state index in [-0.39, 0.29) is 5.91 Å². The predicted molar refractivity (Wildman–Crippen MR) is 107 cm³/mol. The highest BCUT2D eigenvalue weighted by Crippen LogP contribution is 2.27. The van der Waals surface area contributed by atoms with Gasteiger partial charge >= 0.3 is 0 Å². The fraction of sp³-hybridized carbons (Fsp3) is 0.250. The van der Waals surface area contributed by atoms with E-state index in [4.69, 9.17) is 4.98 Å². The van der Waals surface area contributed by atoms with Crippen LogP contribution in [0, 0.1) is 0 Å². The summed E-state index contributed by atoms with van der Waals surface area (Å²) in [6.07, 6.45) is 5.93. The highest BCUT2D eigenvalue weighted by atomic mass is 32.2. The Kier molecular flexibility index (Phi) is 4.75. The van der Waals surface area contributed by atoms with E-state index in [1.54, 1.807) is 18.0 Å². The van der Waals surface area contributed by atoms with Gasteiger partial charge in [0, 0.05) is 18.5 Å². The molecule has 1 amide bonds. The number of carbonyl (C=O) groups is 1. The minimum Gasteiger partial charge on any atom is -0.356 e. The number of thioether (sulfide) groups is 1. The number of nitrogens with one attached hydrogen (secondary N) is 1. The van der Waals surface area contributed by atoms with Crippen molar-refractivity contribution in [3.8, 4) is 0 Å². The number of hydrogen-bond donors (Lipinski definition) is 1. The fourth-order valence-electron chi connectivity index (χ4n) is 3.22. The van der Waals surface area contributed by atoms with Crippen LogP contribution in [0.3, 0.4) is 0 Å². The van der Waals surface area contributed by atoms with E-state index in [0.29, 0.717) is 11.3 Å². The van der Waals surface area contributed by atoms with Crippen LogP contribution in [-0.4, -0.2) is 35.2 Å². The Bertz CT molecular complexity index is 936. The first-order valence-electron chi connectivity index (χ1n) is 8.71. The zero-order valence-electron chi connectivity index (χ0n) is 14.6. The van der Waals surface area contributed by atoms with E-state index in [1.165, 1.54) is 0 Å². The Labute approximate surface area is 156 Å². The Morgan fingerprint density at radius 1 is 1.15 bits per heavy atom. The molecule has 1 aliphatic heterocycles. The van der Waals surface area contributed by atoms with Gasteiger partial charge < -0.3 is 10.2 Å². The lowest BCUT2D eigenvalue weighted by Gasteiger charge is -2.20. The van der Waals surface area contributed by atoms with Gasteiger partial charge in [-0.15, -0.1) is 11.8 Å². The van der Waals surface area contributed by atoms with Crippen molar-refractivity contribution in [2.24, 2.45) is 0 Å². The van der Waals surface area contributed by atoms with E-state index in [0.717, 1.165) is 47.7 Å². The zero-order chi connectivity index (χ0) is 17.9. The minimum atomic E-state index is -0.149. The van der Waals surface area contributed by atoms with Gasteiger partial charge in [0.2, 0.25) is 0 Å². The van der Waals surface area contributed by atoms with Crippen LogP contribution >= 0.6 is 11.8 Å². The first-order valence-corrected chi connectivity index (χ1v) is 9.93. The highest BCUT2D eigenvalue weighted by Gasteiger charge is 2.22. The maximum Gasteiger partial charge on any atom is 0.259 e. The SMILES string of the molecule is CSc1ccc(NC(=O)c2cc3ccccc3nc2N2CCCC2)cn1. The van der Waals surface area contributed by atoms with E-state index >= 15 is 0 Å². The first-order chi connectivity index (χ1) is 12.7. The molecule has 1 saturated heterocycles. The van der Waals surface area contributed by atoms with Crippen molar-refractivity contribution in [2.45, 2.75) is 17.9 Å². The third-order valence-corrected chi connectivity index (χ3v) is 5.22. The molecule has 1 N–H and O–H groups in total. The smallest absolute Gasteiger partial charge is 0.259 e. The lowest BCUT2D eigenvalue weighted by atomic mass is 10.1. The van der Waals surface area contributed by atoms with E-state index in [9.17, 15) is 4.79 Å². The number of anilines is 2. The van der Waals surface area contributed by atoms with Gasteiger partial charge in [-0.05, 0) is 43.4 Å². The topological polar surface area (TPSA) is 58.1 Å². The molecule has 4 rings (SSSR count). The molecule has 6 heteroatoms. The van der Waals surface area contributed by atoms with Crippen LogP contribution in [0.15, 0.2) is 53.7 Å². The van der Waals surface area contributed by atoms with Gasteiger partial charge in [-0.2, -0.15) is 0 Å². The second-order valence-electron chi connectivity index (χ2n) is 6.29. The zero-order valence-corrected chi connectivity index (χ0v) is 15.4.